The van der Waals surface area contributed by atoms with E-state index >= 15 is 0 Å². The van der Waals surface area contributed by atoms with Gasteiger partial charge in [-0.15, -0.1) is 16.4 Å². The Morgan fingerprint density at radius 2 is 2.19 bits per heavy atom. The van der Waals surface area contributed by atoms with Crippen molar-refractivity contribution in [1.29, 1.82) is 0 Å². The number of hydrogen-bond acceptors (Lipinski definition) is 7. The van der Waals surface area contributed by atoms with Crippen LogP contribution in [0.2, 0.25) is 5.02 Å². The first-order chi connectivity index (χ1) is 12.8. The van der Waals surface area contributed by atoms with Crippen LogP contribution in [0.1, 0.15) is 10.6 Å². The maximum Gasteiger partial charge on any atom is 0.226 e. The highest BCUT2D eigenvalue weighted by atomic mass is 35.5. The largest absolute Gasteiger partial charge is 0.444 e. The second kappa shape index (κ2) is 8.03. The van der Waals surface area contributed by atoms with Gasteiger partial charge in [0.2, 0.25) is 11.0 Å². The third kappa shape index (κ3) is 4.14. The summed E-state index contributed by atoms with van der Waals surface area (Å²) in [5.74, 6) is 1.18. The minimum atomic E-state index is 0.556. The number of aromatic nitrogens is 5. The second-order valence-electron chi connectivity index (χ2n) is 5.46. The van der Waals surface area contributed by atoms with Crippen molar-refractivity contribution in [3.63, 3.8) is 0 Å². The van der Waals surface area contributed by atoms with E-state index < -0.39 is 0 Å². The minimum Gasteiger partial charge on any atom is -0.444 e. The maximum absolute atomic E-state index is 6.02. The van der Waals surface area contributed by atoms with Crippen LogP contribution in [0, 0.1) is 0 Å². The van der Waals surface area contributed by atoms with Crippen molar-refractivity contribution >= 4 is 34.7 Å². The molecule has 0 aliphatic heterocycles. The van der Waals surface area contributed by atoms with Crippen molar-refractivity contribution in [2.24, 2.45) is 0 Å². The summed E-state index contributed by atoms with van der Waals surface area (Å²) in [5, 5.41) is 15.5. The third-order valence-corrected chi connectivity index (χ3v) is 5.78. The molecule has 0 aliphatic carbocycles. The lowest BCUT2D eigenvalue weighted by Crippen LogP contribution is -2.04. The molecule has 0 saturated heterocycles. The molecule has 0 unspecified atom stereocenters. The van der Waals surface area contributed by atoms with Gasteiger partial charge in [-0.1, -0.05) is 35.5 Å². The molecule has 0 spiro atoms. The van der Waals surface area contributed by atoms with Gasteiger partial charge in [0.25, 0.3) is 0 Å². The predicted octanol–water partition coefficient (Wildman–Crippen LogP) is 4.58. The summed E-state index contributed by atoms with van der Waals surface area (Å²) in [4.78, 5) is 5.83. The summed E-state index contributed by atoms with van der Waals surface area (Å²) in [6, 6.07) is 11.6. The summed E-state index contributed by atoms with van der Waals surface area (Å²) >= 11 is 9.30. The van der Waals surface area contributed by atoms with Crippen molar-refractivity contribution in [2.45, 2.75) is 23.9 Å². The Balaban J connectivity index is 1.38. The quantitative estimate of drug-likeness (QED) is 0.421. The van der Waals surface area contributed by atoms with Crippen molar-refractivity contribution in [3.05, 3.63) is 63.6 Å². The van der Waals surface area contributed by atoms with Gasteiger partial charge in [-0.3, -0.25) is 0 Å². The molecule has 9 heteroatoms. The zero-order chi connectivity index (χ0) is 17.8. The van der Waals surface area contributed by atoms with Crippen molar-refractivity contribution < 1.29 is 4.42 Å². The lowest BCUT2D eigenvalue weighted by atomic mass is 10.2. The van der Waals surface area contributed by atoms with Crippen molar-refractivity contribution in [2.75, 3.05) is 0 Å². The van der Waals surface area contributed by atoms with Gasteiger partial charge in [-0.05, 0) is 40.1 Å². The first kappa shape index (κ1) is 17.3. The molecule has 1 aromatic carbocycles. The highest BCUT2D eigenvalue weighted by Gasteiger charge is 2.11. The van der Waals surface area contributed by atoms with E-state index in [0.29, 0.717) is 16.7 Å². The van der Waals surface area contributed by atoms with E-state index in [4.69, 9.17) is 16.0 Å². The molecule has 132 valence electrons. The SMILES string of the molecule is Clc1cccc(-c2nc(CSc3nnnn3CCc3cccs3)co2)c1. The summed E-state index contributed by atoms with van der Waals surface area (Å²) in [6.07, 6.45) is 2.57. The molecule has 0 bridgehead atoms. The zero-order valence-electron chi connectivity index (χ0n) is 13.6. The Morgan fingerprint density at radius 3 is 3.04 bits per heavy atom. The van der Waals surface area contributed by atoms with Gasteiger partial charge in [0.1, 0.15) is 6.26 Å². The molecule has 6 nitrogen and oxygen atoms in total. The Hall–Kier alpha value is -2.16. The van der Waals surface area contributed by atoms with Crippen molar-refractivity contribution in [3.8, 4) is 11.5 Å². The van der Waals surface area contributed by atoms with Crippen LogP contribution in [-0.2, 0) is 18.7 Å². The maximum atomic E-state index is 6.02. The van der Waals surface area contributed by atoms with E-state index in [9.17, 15) is 0 Å². The molecule has 4 aromatic rings. The van der Waals surface area contributed by atoms with Crippen molar-refractivity contribution in [1.82, 2.24) is 25.2 Å². The summed E-state index contributed by atoms with van der Waals surface area (Å²) in [5.41, 5.74) is 1.69. The number of hydrogen-bond donors (Lipinski definition) is 0. The van der Waals surface area contributed by atoms with Gasteiger partial charge in [0.05, 0.1) is 12.2 Å². The molecule has 3 heterocycles. The molecule has 0 aliphatic rings. The zero-order valence-corrected chi connectivity index (χ0v) is 16.0. The number of rotatable bonds is 7. The summed E-state index contributed by atoms with van der Waals surface area (Å²) in [6.45, 7) is 0.752. The van der Waals surface area contributed by atoms with Gasteiger partial charge in [-0.25, -0.2) is 9.67 Å². The average molecular weight is 404 g/mol. The molecular formula is C17H14ClN5OS2. The number of benzene rings is 1. The van der Waals surface area contributed by atoms with E-state index in [0.717, 1.165) is 29.4 Å². The van der Waals surface area contributed by atoms with Gasteiger partial charge in [0.15, 0.2) is 0 Å². The molecule has 0 amide bonds. The number of oxazole rings is 1. The fourth-order valence-electron chi connectivity index (χ4n) is 2.38. The molecule has 0 N–H and O–H groups in total. The first-order valence-electron chi connectivity index (χ1n) is 7.89. The van der Waals surface area contributed by atoms with E-state index in [-0.39, 0.29) is 0 Å². The van der Waals surface area contributed by atoms with Crippen LogP contribution in [0.25, 0.3) is 11.5 Å². The molecule has 0 atom stereocenters. The summed E-state index contributed by atoms with van der Waals surface area (Å²) < 4.78 is 7.38. The fourth-order valence-corrected chi connectivity index (χ4v) is 4.05. The third-order valence-electron chi connectivity index (χ3n) is 3.62. The molecule has 0 saturated carbocycles. The molecule has 0 fully saturated rings. The van der Waals surface area contributed by atoms with E-state index in [2.05, 4.69) is 38.0 Å². The molecule has 3 aromatic heterocycles. The number of aryl methyl sites for hydroxylation is 2. The molecule has 26 heavy (non-hydrogen) atoms. The highest BCUT2D eigenvalue weighted by Crippen LogP contribution is 2.25. The molecule has 4 rings (SSSR count). The lowest BCUT2D eigenvalue weighted by Gasteiger charge is -2.02. The smallest absolute Gasteiger partial charge is 0.226 e. The summed E-state index contributed by atoms with van der Waals surface area (Å²) in [7, 11) is 0. The Labute approximate surface area is 163 Å². The topological polar surface area (TPSA) is 69.6 Å². The highest BCUT2D eigenvalue weighted by molar-refractivity contribution is 7.98. The normalized spacial score (nSPS) is 11.1. The fraction of sp³-hybridized carbons (Fsp3) is 0.176. The average Bonchev–Trinajstić information content (AvgIpc) is 3.39. The number of tetrazole rings is 1. The van der Waals surface area contributed by atoms with Gasteiger partial charge in [0, 0.05) is 27.6 Å². The van der Waals surface area contributed by atoms with Crippen LogP contribution < -0.4 is 0 Å². The predicted molar refractivity (Wildman–Crippen MR) is 102 cm³/mol. The van der Waals surface area contributed by atoms with E-state index in [1.54, 1.807) is 17.6 Å². The lowest BCUT2D eigenvalue weighted by molar-refractivity contribution is 0.550. The van der Waals surface area contributed by atoms with Gasteiger partial charge < -0.3 is 4.42 Å². The number of halogens is 1. The van der Waals surface area contributed by atoms with Crippen LogP contribution in [0.3, 0.4) is 0 Å². The number of nitrogens with zero attached hydrogens (tertiary/aromatic N) is 5. The second-order valence-corrected chi connectivity index (χ2v) is 7.87. The Morgan fingerprint density at radius 1 is 1.23 bits per heavy atom. The van der Waals surface area contributed by atoms with E-state index in [1.807, 2.05) is 28.9 Å². The van der Waals surface area contributed by atoms with Gasteiger partial charge in [-0.2, -0.15) is 0 Å². The van der Waals surface area contributed by atoms with Crippen LogP contribution in [0.5, 0.6) is 0 Å². The van der Waals surface area contributed by atoms with Crippen LogP contribution in [0.15, 0.2) is 57.6 Å². The number of thioether (sulfide) groups is 1. The number of thiophene rings is 1. The standard InChI is InChI=1S/C17H14ClN5OS2/c18-13-4-1-3-12(9-13)16-19-14(10-24-16)11-26-17-20-21-22-23(17)7-6-15-5-2-8-25-15/h1-5,8-10H,6-7,11H2. The van der Waals surface area contributed by atoms with Gasteiger partial charge >= 0.3 is 0 Å². The monoisotopic (exact) mass is 403 g/mol. The first-order valence-corrected chi connectivity index (χ1v) is 10.1. The molecule has 0 radical (unpaired) electrons. The Kier molecular flexibility index (Phi) is 5.33. The minimum absolute atomic E-state index is 0.556. The Bertz CT molecular complexity index is 983. The van der Waals surface area contributed by atoms with E-state index in [1.165, 1.54) is 16.6 Å². The van der Waals surface area contributed by atoms with Crippen LogP contribution in [0.4, 0.5) is 0 Å². The molecular weight excluding hydrogens is 390 g/mol. The van der Waals surface area contributed by atoms with Crippen LogP contribution in [-0.4, -0.2) is 25.2 Å². The van der Waals surface area contributed by atoms with Crippen LogP contribution >= 0.6 is 34.7 Å².